The quantitative estimate of drug-likeness (QED) is 0.513. The van der Waals surface area contributed by atoms with Gasteiger partial charge in [0.2, 0.25) is 0 Å². The Labute approximate surface area is 94.4 Å². The number of rotatable bonds is 5. The maximum atomic E-state index is 11.1. The topological polar surface area (TPSA) is 72.9 Å². The van der Waals surface area contributed by atoms with E-state index in [1.54, 1.807) is 6.92 Å². The van der Waals surface area contributed by atoms with Gasteiger partial charge in [0.1, 0.15) is 0 Å². The van der Waals surface area contributed by atoms with Crippen molar-refractivity contribution in [2.75, 3.05) is 13.2 Å². The van der Waals surface area contributed by atoms with Gasteiger partial charge >= 0.3 is 5.97 Å². The van der Waals surface area contributed by atoms with Crippen LogP contribution in [0.3, 0.4) is 0 Å². The van der Waals surface area contributed by atoms with Crippen LogP contribution in [0.1, 0.15) is 33.6 Å². The predicted octanol–water partition coefficient (Wildman–Crippen LogP) is 0.656. The Balaban J connectivity index is 0.00000225. The van der Waals surface area contributed by atoms with E-state index in [9.17, 15) is 14.4 Å². The number of nitrogens with zero attached hydrogens (tertiary/aromatic N) is 1. The molecule has 0 aromatic heterocycles. The Morgan fingerprint density at radius 1 is 1.31 bits per heavy atom. The first-order chi connectivity index (χ1) is 7.15. The fourth-order valence-corrected chi connectivity index (χ4v) is 1.11. The number of carbonyl (C=O) groups excluding carboxylic acids is 3. The highest BCUT2D eigenvalue weighted by atomic mass is 16.7. The SMILES string of the molecule is C.CCOCCC(=O)ON1C(=O)CCC1=O. The van der Waals surface area contributed by atoms with E-state index in [2.05, 4.69) is 4.84 Å². The highest BCUT2D eigenvalue weighted by molar-refractivity contribution is 6.01. The molecule has 0 saturated carbocycles. The van der Waals surface area contributed by atoms with Crippen molar-refractivity contribution in [2.45, 2.75) is 33.6 Å². The maximum Gasteiger partial charge on any atom is 0.335 e. The van der Waals surface area contributed by atoms with E-state index in [4.69, 9.17) is 4.74 Å². The van der Waals surface area contributed by atoms with E-state index in [0.29, 0.717) is 11.7 Å². The molecular weight excluding hydrogens is 214 g/mol. The molecule has 0 atom stereocenters. The lowest BCUT2D eigenvalue weighted by molar-refractivity contribution is -0.198. The summed E-state index contributed by atoms with van der Waals surface area (Å²) in [6.07, 6.45) is 0.250. The zero-order valence-corrected chi connectivity index (χ0v) is 8.52. The van der Waals surface area contributed by atoms with E-state index < -0.39 is 17.8 Å². The van der Waals surface area contributed by atoms with Crippen molar-refractivity contribution in [1.82, 2.24) is 5.06 Å². The molecule has 2 amide bonds. The highest BCUT2D eigenvalue weighted by Gasteiger charge is 2.32. The summed E-state index contributed by atoms with van der Waals surface area (Å²) in [5, 5.41) is 0.536. The van der Waals surface area contributed by atoms with Crippen LogP contribution in [0.4, 0.5) is 0 Å². The van der Waals surface area contributed by atoms with Gasteiger partial charge in [-0.1, -0.05) is 7.43 Å². The molecule has 0 spiro atoms. The van der Waals surface area contributed by atoms with E-state index >= 15 is 0 Å². The van der Waals surface area contributed by atoms with Gasteiger partial charge in [-0.25, -0.2) is 4.79 Å². The molecule has 1 rings (SSSR count). The van der Waals surface area contributed by atoms with Crippen LogP contribution in [0.15, 0.2) is 0 Å². The molecule has 1 fully saturated rings. The summed E-state index contributed by atoms with van der Waals surface area (Å²) in [6.45, 7) is 2.54. The van der Waals surface area contributed by atoms with Crippen molar-refractivity contribution in [1.29, 1.82) is 0 Å². The number of hydroxylamine groups is 2. The van der Waals surface area contributed by atoms with E-state index in [-0.39, 0.29) is 33.3 Å². The molecule has 0 radical (unpaired) electrons. The van der Waals surface area contributed by atoms with Gasteiger partial charge in [0, 0.05) is 19.4 Å². The van der Waals surface area contributed by atoms with Crippen LogP contribution in [0, 0.1) is 0 Å². The second kappa shape index (κ2) is 6.95. The van der Waals surface area contributed by atoms with Crippen LogP contribution in [0.5, 0.6) is 0 Å². The molecule has 0 aromatic rings. The van der Waals surface area contributed by atoms with Crippen molar-refractivity contribution < 1.29 is 24.0 Å². The monoisotopic (exact) mass is 231 g/mol. The Bertz CT molecular complexity index is 260. The van der Waals surface area contributed by atoms with Gasteiger partial charge in [-0.3, -0.25) is 9.59 Å². The van der Waals surface area contributed by atoms with Crippen LogP contribution >= 0.6 is 0 Å². The minimum Gasteiger partial charge on any atom is -0.381 e. The molecule has 6 heteroatoms. The summed E-state index contributed by atoms with van der Waals surface area (Å²) in [6, 6.07) is 0. The lowest BCUT2D eigenvalue weighted by Gasteiger charge is -2.12. The fraction of sp³-hybridized carbons (Fsp3) is 0.700. The predicted molar refractivity (Wildman–Crippen MR) is 55.0 cm³/mol. The van der Waals surface area contributed by atoms with Crippen molar-refractivity contribution in [3.8, 4) is 0 Å². The zero-order chi connectivity index (χ0) is 11.3. The minimum atomic E-state index is -0.632. The Morgan fingerprint density at radius 2 is 1.88 bits per heavy atom. The smallest absolute Gasteiger partial charge is 0.335 e. The van der Waals surface area contributed by atoms with Gasteiger partial charge in [0.15, 0.2) is 0 Å². The molecule has 1 aliphatic rings. The fourth-order valence-electron chi connectivity index (χ4n) is 1.11. The lowest BCUT2D eigenvalue weighted by Crippen LogP contribution is -2.32. The molecule has 92 valence electrons. The standard InChI is InChI=1S/C9H13NO5.CH4/c1-2-14-6-5-9(13)15-10-7(11)3-4-8(10)12;/h2-6H2,1H3;1H4. The first kappa shape index (κ1) is 14.6. The molecule has 0 aliphatic carbocycles. The summed E-state index contributed by atoms with van der Waals surface area (Å²) >= 11 is 0. The third kappa shape index (κ3) is 3.98. The Hall–Kier alpha value is -1.43. The van der Waals surface area contributed by atoms with Crippen molar-refractivity contribution in [2.24, 2.45) is 0 Å². The first-order valence-corrected chi connectivity index (χ1v) is 4.79. The molecule has 0 aromatic carbocycles. The molecule has 6 nitrogen and oxygen atoms in total. The molecular formula is C10H17NO5. The summed E-state index contributed by atoms with van der Waals surface area (Å²) in [5.74, 6) is -1.57. The van der Waals surface area contributed by atoms with Crippen LogP contribution in [0.2, 0.25) is 0 Å². The second-order valence-electron chi connectivity index (χ2n) is 2.99. The Morgan fingerprint density at radius 3 is 2.38 bits per heavy atom. The van der Waals surface area contributed by atoms with Crippen LogP contribution in [0.25, 0.3) is 0 Å². The summed E-state index contributed by atoms with van der Waals surface area (Å²) in [4.78, 5) is 37.8. The van der Waals surface area contributed by atoms with Crippen molar-refractivity contribution in [3.63, 3.8) is 0 Å². The largest absolute Gasteiger partial charge is 0.381 e. The molecule has 16 heavy (non-hydrogen) atoms. The van der Waals surface area contributed by atoms with E-state index in [1.807, 2.05) is 0 Å². The molecule has 0 unspecified atom stereocenters. The van der Waals surface area contributed by atoms with Gasteiger partial charge in [-0.2, -0.15) is 0 Å². The molecule has 1 heterocycles. The average Bonchev–Trinajstić information content (AvgIpc) is 2.50. The summed E-state index contributed by atoms with van der Waals surface area (Å²) < 4.78 is 4.93. The van der Waals surface area contributed by atoms with Gasteiger partial charge in [-0.05, 0) is 6.92 Å². The van der Waals surface area contributed by atoms with Crippen LogP contribution < -0.4 is 0 Å². The second-order valence-corrected chi connectivity index (χ2v) is 2.99. The van der Waals surface area contributed by atoms with Crippen molar-refractivity contribution >= 4 is 17.8 Å². The molecule has 1 saturated heterocycles. The summed E-state index contributed by atoms with van der Waals surface area (Å²) in [5.41, 5.74) is 0. The number of hydrogen-bond acceptors (Lipinski definition) is 5. The third-order valence-electron chi connectivity index (χ3n) is 1.85. The summed E-state index contributed by atoms with van der Waals surface area (Å²) in [7, 11) is 0. The van der Waals surface area contributed by atoms with Gasteiger partial charge < -0.3 is 9.57 Å². The Kier molecular flexibility index (Phi) is 6.32. The van der Waals surface area contributed by atoms with Gasteiger partial charge in [0.25, 0.3) is 11.8 Å². The number of ether oxygens (including phenoxy) is 1. The number of carbonyl (C=O) groups is 3. The number of amides is 2. The van der Waals surface area contributed by atoms with E-state index in [0.717, 1.165) is 0 Å². The lowest BCUT2D eigenvalue weighted by atomic mass is 10.4. The highest BCUT2D eigenvalue weighted by Crippen LogP contribution is 2.12. The minimum absolute atomic E-state index is 0. The van der Waals surface area contributed by atoms with Crippen LogP contribution in [-0.4, -0.2) is 36.1 Å². The zero-order valence-electron chi connectivity index (χ0n) is 8.52. The van der Waals surface area contributed by atoms with Gasteiger partial charge in [0.05, 0.1) is 13.0 Å². The molecule has 0 N–H and O–H groups in total. The third-order valence-corrected chi connectivity index (χ3v) is 1.85. The first-order valence-electron chi connectivity index (χ1n) is 4.79. The van der Waals surface area contributed by atoms with Gasteiger partial charge in [-0.15, -0.1) is 5.06 Å². The average molecular weight is 231 g/mol. The van der Waals surface area contributed by atoms with Crippen LogP contribution in [-0.2, 0) is 24.0 Å². The normalized spacial score (nSPS) is 14.9. The molecule has 1 aliphatic heterocycles. The van der Waals surface area contributed by atoms with E-state index in [1.165, 1.54) is 0 Å². The maximum absolute atomic E-state index is 11.1. The molecule has 0 bridgehead atoms. The van der Waals surface area contributed by atoms with Crippen molar-refractivity contribution in [3.05, 3.63) is 0 Å². The number of hydrogen-bond donors (Lipinski definition) is 0. The number of imide groups is 1.